The lowest BCUT2D eigenvalue weighted by Crippen LogP contribution is -2.34. The van der Waals surface area contributed by atoms with E-state index in [-0.39, 0.29) is 0 Å². The molecule has 5 nitrogen and oxygen atoms in total. The molecule has 0 fully saturated rings. The van der Waals surface area contributed by atoms with Crippen LogP contribution in [0.1, 0.15) is 5.56 Å². The van der Waals surface area contributed by atoms with Gasteiger partial charge >= 0.3 is 0 Å². The molecule has 0 aromatic carbocycles. The van der Waals surface area contributed by atoms with E-state index in [4.69, 9.17) is 0 Å². The molecule has 88 valence electrons. The van der Waals surface area contributed by atoms with Crippen LogP contribution in [-0.2, 0) is 6.54 Å². The van der Waals surface area contributed by atoms with E-state index in [0.717, 1.165) is 17.3 Å². The molecule has 5 heteroatoms. The highest BCUT2D eigenvalue weighted by molar-refractivity contribution is 5.79. The average molecular weight is 221 g/mol. The Morgan fingerprint density at radius 1 is 1.50 bits per heavy atom. The molecular formula is C11H19N5. The summed E-state index contributed by atoms with van der Waals surface area (Å²) in [4.78, 5) is 10.4. The van der Waals surface area contributed by atoms with E-state index in [1.54, 1.807) is 13.2 Å². The van der Waals surface area contributed by atoms with E-state index in [1.165, 1.54) is 0 Å². The molecule has 0 spiro atoms. The SMILES string of the molecule is CN=C(NC)NCc1cccnc1N(C)C. The number of hydrogen-bond donors (Lipinski definition) is 2. The van der Waals surface area contributed by atoms with E-state index >= 15 is 0 Å². The number of nitrogens with zero attached hydrogens (tertiary/aromatic N) is 3. The van der Waals surface area contributed by atoms with Crippen LogP contribution >= 0.6 is 0 Å². The van der Waals surface area contributed by atoms with Crippen LogP contribution in [0.3, 0.4) is 0 Å². The zero-order chi connectivity index (χ0) is 12.0. The second kappa shape index (κ2) is 5.95. The summed E-state index contributed by atoms with van der Waals surface area (Å²) in [6.07, 6.45) is 1.80. The number of aromatic nitrogens is 1. The maximum absolute atomic E-state index is 4.33. The number of aliphatic imine (C=N–C) groups is 1. The van der Waals surface area contributed by atoms with Crippen LogP contribution in [0.15, 0.2) is 23.3 Å². The molecule has 0 bridgehead atoms. The van der Waals surface area contributed by atoms with Gasteiger partial charge in [0.15, 0.2) is 5.96 Å². The van der Waals surface area contributed by atoms with Crippen molar-refractivity contribution in [2.75, 3.05) is 33.1 Å². The third-order valence-corrected chi connectivity index (χ3v) is 2.20. The molecule has 0 atom stereocenters. The zero-order valence-electron chi connectivity index (χ0n) is 10.3. The normalized spacial score (nSPS) is 11.1. The summed E-state index contributed by atoms with van der Waals surface area (Å²) in [6, 6.07) is 3.99. The third-order valence-electron chi connectivity index (χ3n) is 2.20. The Morgan fingerprint density at radius 2 is 2.25 bits per heavy atom. The number of anilines is 1. The molecule has 1 aromatic heterocycles. The van der Waals surface area contributed by atoms with Crippen LogP contribution in [0, 0.1) is 0 Å². The highest BCUT2D eigenvalue weighted by Crippen LogP contribution is 2.13. The minimum absolute atomic E-state index is 0.703. The lowest BCUT2D eigenvalue weighted by Gasteiger charge is -2.16. The molecule has 1 heterocycles. The Bertz CT molecular complexity index is 359. The first-order valence-corrected chi connectivity index (χ1v) is 5.18. The van der Waals surface area contributed by atoms with E-state index in [0.29, 0.717) is 6.54 Å². The van der Waals surface area contributed by atoms with Gasteiger partial charge in [0.2, 0.25) is 0 Å². The van der Waals surface area contributed by atoms with Gasteiger partial charge in [-0.05, 0) is 6.07 Å². The summed E-state index contributed by atoms with van der Waals surface area (Å²) in [5.74, 6) is 1.75. The molecule has 0 unspecified atom stereocenters. The van der Waals surface area contributed by atoms with Crippen LogP contribution in [0.25, 0.3) is 0 Å². The van der Waals surface area contributed by atoms with E-state index in [1.807, 2.05) is 32.1 Å². The molecule has 1 rings (SSSR count). The lowest BCUT2D eigenvalue weighted by molar-refractivity contribution is 0.853. The Morgan fingerprint density at radius 3 is 2.81 bits per heavy atom. The fraction of sp³-hybridized carbons (Fsp3) is 0.455. The van der Waals surface area contributed by atoms with Crippen molar-refractivity contribution in [1.29, 1.82) is 0 Å². The van der Waals surface area contributed by atoms with Crippen molar-refractivity contribution in [2.24, 2.45) is 4.99 Å². The summed E-state index contributed by atoms with van der Waals surface area (Å²) < 4.78 is 0. The Labute approximate surface area is 96.6 Å². The van der Waals surface area contributed by atoms with E-state index in [9.17, 15) is 0 Å². The quantitative estimate of drug-likeness (QED) is 0.574. The predicted molar refractivity (Wildman–Crippen MR) is 67.8 cm³/mol. The first-order valence-electron chi connectivity index (χ1n) is 5.18. The largest absolute Gasteiger partial charge is 0.362 e. The van der Waals surface area contributed by atoms with Gasteiger partial charge in [-0.3, -0.25) is 4.99 Å². The minimum Gasteiger partial charge on any atom is -0.362 e. The van der Waals surface area contributed by atoms with Crippen molar-refractivity contribution < 1.29 is 0 Å². The molecule has 0 aliphatic rings. The van der Waals surface area contributed by atoms with Crippen LogP contribution < -0.4 is 15.5 Å². The second-order valence-electron chi connectivity index (χ2n) is 3.56. The smallest absolute Gasteiger partial charge is 0.190 e. The third kappa shape index (κ3) is 3.12. The predicted octanol–water partition coefficient (Wildman–Crippen LogP) is 0.442. The molecule has 2 N–H and O–H groups in total. The van der Waals surface area contributed by atoms with Crippen molar-refractivity contribution in [2.45, 2.75) is 6.54 Å². The first-order chi connectivity index (χ1) is 7.69. The number of pyridine rings is 1. The maximum atomic E-state index is 4.33. The second-order valence-corrected chi connectivity index (χ2v) is 3.56. The minimum atomic E-state index is 0.703. The van der Waals surface area contributed by atoms with E-state index < -0.39 is 0 Å². The van der Waals surface area contributed by atoms with Crippen molar-refractivity contribution in [3.63, 3.8) is 0 Å². The van der Waals surface area contributed by atoms with Crippen LogP contribution in [0.4, 0.5) is 5.82 Å². The number of guanidine groups is 1. The Balaban J connectivity index is 2.73. The van der Waals surface area contributed by atoms with E-state index in [2.05, 4.69) is 26.7 Å². The van der Waals surface area contributed by atoms with Crippen LogP contribution in [0.5, 0.6) is 0 Å². The van der Waals surface area contributed by atoms with Gasteiger partial charge in [-0.1, -0.05) is 6.07 Å². The Kier molecular flexibility index (Phi) is 4.57. The van der Waals surface area contributed by atoms with Crippen molar-refractivity contribution in [3.05, 3.63) is 23.9 Å². The van der Waals surface area contributed by atoms with Gasteiger partial charge < -0.3 is 15.5 Å². The summed E-state index contributed by atoms with van der Waals surface area (Å²) >= 11 is 0. The van der Waals surface area contributed by atoms with Gasteiger partial charge in [0, 0.05) is 46.5 Å². The van der Waals surface area contributed by atoms with Crippen molar-refractivity contribution >= 4 is 11.8 Å². The lowest BCUT2D eigenvalue weighted by atomic mass is 10.2. The molecule has 0 aliphatic heterocycles. The molecule has 16 heavy (non-hydrogen) atoms. The maximum Gasteiger partial charge on any atom is 0.190 e. The van der Waals surface area contributed by atoms with Gasteiger partial charge in [0.1, 0.15) is 5.82 Å². The van der Waals surface area contributed by atoms with Gasteiger partial charge in [0.05, 0.1) is 0 Å². The summed E-state index contributed by atoms with van der Waals surface area (Å²) in [5.41, 5.74) is 1.14. The molecule has 0 radical (unpaired) electrons. The molecule has 0 saturated heterocycles. The van der Waals surface area contributed by atoms with Crippen molar-refractivity contribution in [3.8, 4) is 0 Å². The van der Waals surface area contributed by atoms with Crippen molar-refractivity contribution in [1.82, 2.24) is 15.6 Å². The number of nitrogens with one attached hydrogen (secondary N) is 2. The highest BCUT2D eigenvalue weighted by atomic mass is 15.2. The van der Waals surface area contributed by atoms with Gasteiger partial charge in [-0.2, -0.15) is 0 Å². The summed E-state index contributed by atoms with van der Waals surface area (Å²) in [5, 5.41) is 6.18. The van der Waals surface area contributed by atoms with Gasteiger partial charge in [-0.15, -0.1) is 0 Å². The van der Waals surface area contributed by atoms with Crippen LogP contribution in [-0.4, -0.2) is 39.1 Å². The van der Waals surface area contributed by atoms with Gasteiger partial charge in [-0.25, -0.2) is 4.98 Å². The molecular weight excluding hydrogens is 202 g/mol. The molecule has 0 saturated carbocycles. The fourth-order valence-corrected chi connectivity index (χ4v) is 1.43. The standard InChI is InChI=1S/C11H19N5/c1-12-11(13-2)15-8-9-6-5-7-14-10(9)16(3)4/h5-7H,8H2,1-4H3,(H2,12,13,15). The monoisotopic (exact) mass is 221 g/mol. The Hall–Kier alpha value is -1.78. The van der Waals surface area contributed by atoms with Gasteiger partial charge in [0.25, 0.3) is 0 Å². The molecule has 1 aromatic rings. The summed E-state index contributed by atoms with van der Waals surface area (Å²) in [7, 11) is 7.55. The number of rotatable bonds is 3. The highest BCUT2D eigenvalue weighted by Gasteiger charge is 2.05. The first kappa shape index (κ1) is 12.3. The topological polar surface area (TPSA) is 52.6 Å². The van der Waals surface area contributed by atoms with Crippen LogP contribution in [0.2, 0.25) is 0 Å². The summed E-state index contributed by atoms with van der Waals surface area (Å²) in [6.45, 7) is 0.703. The zero-order valence-corrected chi connectivity index (χ0v) is 10.3. The average Bonchev–Trinajstić information content (AvgIpc) is 2.30. The molecule has 0 amide bonds. The fourth-order valence-electron chi connectivity index (χ4n) is 1.43. The molecule has 0 aliphatic carbocycles. The number of hydrogen-bond acceptors (Lipinski definition) is 3.